The van der Waals surface area contributed by atoms with E-state index in [1.807, 2.05) is 54.3 Å². The quantitative estimate of drug-likeness (QED) is 0.579. The molecule has 1 aromatic heterocycles. The fraction of sp³-hybridized carbons (Fsp3) is 0.520. The Balaban J connectivity index is 1.48. The fourth-order valence-corrected chi connectivity index (χ4v) is 4.34. The summed E-state index contributed by atoms with van der Waals surface area (Å²) in [5.41, 5.74) is 1.01. The Labute approximate surface area is 184 Å². The second kappa shape index (κ2) is 10.1. The van der Waals surface area contributed by atoms with Gasteiger partial charge in [-0.3, -0.25) is 9.59 Å². The van der Waals surface area contributed by atoms with Crippen LogP contribution in [0.25, 0.3) is 0 Å². The highest BCUT2D eigenvalue weighted by atomic mass is 16.5. The summed E-state index contributed by atoms with van der Waals surface area (Å²) in [6, 6.07) is 13.8. The first-order chi connectivity index (χ1) is 15.2. The molecule has 6 nitrogen and oxygen atoms in total. The van der Waals surface area contributed by atoms with Crippen molar-refractivity contribution in [2.75, 3.05) is 19.7 Å². The van der Waals surface area contributed by atoms with E-state index in [0.29, 0.717) is 19.5 Å². The summed E-state index contributed by atoms with van der Waals surface area (Å²) in [7, 11) is 0. The van der Waals surface area contributed by atoms with Gasteiger partial charge in [-0.15, -0.1) is 0 Å². The largest absolute Gasteiger partial charge is 0.467 e. The van der Waals surface area contributed by atoms with Gasteiger partial charge in [0.1, 0.15) is 12.3 Å². The van der Waals surface area contributed by atoms with E-state index in [9.17, 15) is 9.59 Å². The number of hydrogen-bond donors (Lipinski definition) is 0. The van der Waals surface area contributed by atoms with Crippen molar-refractivity contribution in [1.29, 1.82) is 0 Å². The van der Waals surface area contributed by atoms with Crippen molar-refractivity contribution in [2.24, 2.45) is 0 Å². The van der Waals surface area contributed by atoms with Crippen molar-refractivity contribution in [1.82, 2.24) is 9.80 Å². The summed E-state index contributed by atoms with van der Waals surface area (Å²) in [4.78, 5) is 30.5. The lowest BCUT2D eigenvalue weighted by atomic mass is 9.95. The lowest BCUT2D eigenvalue weighted by molar-refractivity contribution is -0.143. The zero-order valence-electron chi connectivity index (χ0n) is 18.2. The molecule has 2 aromatic rings. The van der Waals surface area contributed by atoms with Gasteiger partial charge in [0, 0.05) is 19.2 Å². The lowest BCUT2D eigenvalue weighted by Gasteiger charge is -2.31. The second-order valence-corrected chi connectivity index (χ2v) is 8.56. The Morgan fingerprint density at radius 3 is 2.52 bits per heavy atom. The highest BCUT2D eigenvalue weighted by molar-refractivity contribution is 5.89. The number of ether oxygens (including phenoxy) is 1. The van der Waals surface area contributed by atoms with E-state index in [1.54, 1.807) is 11.2 Å². The van der Waals surface area contributed by atoms with Gasteiger partial charge in [-0.2, -0.15) is 0 Å². The van der Waals surface area contributed by atoms with Crippen LogP contribution in [0.3, 0.4) is 0 Å². The first-order valence-electron chi connectivity index (χ1n) is 11.4. The number of amides is 2. The molecule has 0 spiro atoms. The molecule has 1 aromatic carbocycles. The molecule has 2 amide bonds. The minimum Gasteiger partial charge on any atom is -0.467 e. The van der Waals surface area contributed by atoms with Gasteiger partial charge in [0.15, 0.2) is 0 Å². The summed E-state index contributed by atoms with van der Waals surface area (Å²) < 4.78 is 11.3. The standard InChI is InChI=1S/C25H32N2O4/c1-2-23(19-8-4-3-5-9-19)25(29)27(20-12-13-20)18-24(28)26(16-21-10-6-14-30-21)17-22-11-7-15-31-22/h3-6,8-10,14,20,22-23H,2,7,11-13,15-18H2,1H3/t22-,23+/m0/s1. The van der Waals surface area contributed by atoms with Crippen LogP contribution in [-0.2, 0) is 20.9 Å². The number of benzene rings is 1. The van der Waals surface area contributed by atoms with Gasteiger partial charge in [-0.25, -0.2) is 0 Å². The van der Waals surface area contributed by atoms with Gasteiger partial charge in [0.05, 0.1) is 24.8 Å². The maximum atomic E-state index is 13.5. The molecule has 2 aliphatic rings. The van der Waals surface area contributed by atoms with Crippen LogP contribution in [0.15, 0.2) is 53.1 Å². The van der Waals surface area contributed by atoms with Crippen molar-refractivity contribution in [3.05, 3.63) is 60.1 Å². The third-order valence-electron chi connectivity index (χ3n) is 6.21. The molecule has 0 bridgehead atoms. The molecule has 166 valence electrons. The van der Waals surface area contributed by atoms with Crippen molar-refractivity contribution < 1.29 is 18.7 Å². The predicted molar refractivity (Wildman–Crippen MR) is 117 cm³/mol. The maximum Gasteiger partial charge on any atom is 0.242 e. The molecule has 0 radical (unpaired) electrons. The third kappa shape index (κ3) is 5.56. The minimum atomic E-state index is -0.216. The highest BCUT2D eigenvalue weighted by Crippen LogP contribution is 2.31. The number of hydrogen-bond acceptors (Lipinski definition) is 4. The van der Waals surface area contributed by atoms with Gasteiger partial charge in [0.2, 0.25) is 11.8 Å². The van der Waals surface area contributed by atoms with Crippen LogP contribution in [0.2, 0.25) is 0 Å². The molecule has 1 saturated carbocycles. The number of nitrogens with zero attached hydrogens (tertiary/aromatic N) is 2. The highest BCUT2D eigenvalue weighted by Gasteiger charge is 2.38. The summed E-state index contributed by atoms with van der Waals surface area (Å²) in [6.07, 6.45) is 6.30. The van der Waals surface area contributed by atoms with Crippen LogP contribution in [0, 0.1) is 0 Å². The van der Waals surface area contributed by atoms with Crippen LogP contribution < -0.4 is 0 Å². The van der Waals surface area contributed by atoms with E-state index in [0.717, 1.165) is 43.6 Å². The van der Waals surface area contributed by atoms with Crippen molar-refractivity contribution >= 4 is 11.8 Å². The van der Waals surface area contributed by atoms with E-state index in [2.05, 4.69) is 0 Å². The van der Waals surface area contributed by atoms with Crippen molar-refractivity contribution in [3.8, 4) is 0 Å². The predicted octanol–water partition coefficient (Wildman–Crippen LogP) is 3.97. The zero-order chi connectivity index (χ0) is 21.6. The molecule has 1 aliphatic carbocycles. The number of carbonyl (C=O) groups is 2. The Morgan fingerprint density at radius 1 is 1.10 bits per heavy atom. The van der Waals surface area contributed by atoms with Gasteiger partial charge in [-0.05, 0) is 49.8 Å². The molecular formula is C25H32N2O4. The molecule has 2 fully saturated rings. The average Bonchev–Trinajstić information content (AvgIpc) is 3.24. The third-order valence-corrected chi connectivity index (χ3v) is 6.21. The Kier molecular flexibility index (Phi) is 7.07. The molecule has 4 rings (SSSR count). The fourth-order valence-electron chi connectivity index (χ4n) is 4.34. The maximum absolute atomic E-state index is 13.5. The molecular weight excluding hydrogens is 392 g/mol. The Bertz CT molecular complexity index is 842. The van der Waals surface area contributed by atoms with Gasteiger partial charge in [-0.1, -0.05) is 37.3 Å². The van der Waals surface area contributed by atoms with Crippen LogP contribution in [0.1, 0.15) is 56.3 Å². The van der Waals surface area contributed by atoms with Crippen LogP contribution in [0.4, 0.5) is 0 Å². The van der Waals surface area contributed by atoms with Crippen molar-refractivity contribution in [2.45, 2.75) is 63.6 Å². The number of carbonyl (C=O) groups excluding carboxylic acids is 2. The first-order valence-corrected chi connectivity index (χ1v) is 11.4. The minimum absolute atomic E-state index is 0.0462. The summed E-state index contributed by atoms with van der Waals surface area (Å²) >= 11 is 0. The van der Waals surface area contributed by atoms with E-state index < -0.39 is 0 Å². The molecule has 0 N–H and O–H groups in total. The smallest absolute Gasteiger partial charge is 0.242 e. The Hall–Kier alpha value is -2.60. The molecule has 2 heterocycles. The molecule has 6 heteroatoms. The lowest BCUT2D eigenvalue weighted by Crippen LogP contribution is -2.47. The SMILES string of the molecule is CC[C@@H](C(=O)N(CC(=O)N(Cc1ccco1)C[C@@H]1CCCO1)C1CC1)c1ccccc1. The topological polar surface area (TPSA) is 63.0 Å². The molecule has 1 saturated heterocycles. The number of furan rings is 1. The van der Waals surface area contributed by atoms with E-state index >= 15 is 0 Å². The van der Waals surface area contributed by atoms with E-state index in [-0.39, 0.29) is 36.4 Å². The van der Waals surface area contributed by atoms with Crippen LogP contribution in [-0.4, -0.2) is 53.5 Å². The second-order valence-electron chi connectivity index (χ2n) is 8.56. The summed E-state index contributed by atoms with van der Waals surface area (Å²) in [5.74, 6) is 0.535. The molecule has 1 aliphatic heterocycles. The number of rotatable bonds is 10. The van der Waals surface area contributed by atoms with Crippen LogP contribution >= 0.6 is 0 Å². The van der Waals surface area contributed by atoms with E-state index in [1.165, 1.54) is 0 Å². The monoisotopic (exact) mass is 424 g/mol. The van der Waals surface area contributed by atoms with Crippen LogP contribution in [0.5, 0.6) is 0 Å². The molecule has 2 atom stereocenters. The summed E-state index contributed by atoms with van der Waals surface area (Å²) in [5, 5.41) is 0. The zero-order valence-corrected chi connectivity index (χ0v) is 18.2. The van der Waals surface area contributed by atoms with Gasteiger partial charge in [0.25, 0.3) is 0 Å². The Morgan fingerprint density at radius 2 is 1.90 bits per heavy atom. The summed E-state index contributed by atoms with van der Waals surface area (Å²) in [6.45, 7) is 3.81. The van der Waals surface area contributed by atoms with Gasteiger partial charge < -0.3 is 19.0 Å². The van der Waals surface area contributed by atoms with Crippen molar-refractivity contribution in [3.63, 3.8) is 0 Å². The van der Waals surface area contributed by atoms with E-state index in [4.69, 9.17) is 9.15 Å². The molecule has 0 unspecified atom stereocenters. The average molecular weight is 425 g/mol. The molecule has 31 heavy (non-hydrogen) atoms. The van der Waals surface area contributed by atoms with Gasteiger partial charge >= 0.3 is 0 Å². The first kappa shape index (κ1) is 21.6. The normalized spacial score (nSPS) is 19.2.